The quantitative estimate of drug-likeness (QED) is 0.648. The molecule has 1 atom stereocenters. The number of thioether (sulfide) groups is 1. The van der Waals surface area contributed by atoms with Crippen molar-refractivity contribution >= 4 is 23.8 Å². The molecule has 0 aromatic carbocycles. The molecule has 1 unspecified atom stereocenters. The largest absolute Gasteiger partial charge is 0.453 e. The first-order valence-electron chi connectivity index (χ1n) is 4.63. The fourth-order valence-electron chi connectivity index (χ4n) is 0.916. The van der Waals surface area contributed by atoms with Gasteiger partial charge in [-0.2, -0.15) is 17.0 Å². The Balaban J connectivity index is 4.13. The molecule has 6 nitrogen and oxygen atoms in total. The average molecular weight is 245 g/mol. The molecule has 0 aliphatic rings. The summed E-state index contributed by atoms with van der Waals surface area (Å²) in [5.74, 6) is 0.142. The van der Waals surface area contributed by atoms with E-state index in [1.165, 1.54) is 18.9 Å². The smallest absolute Gasteiger partial charge is 0.407 e. The van der Waals surface area contributed by atoms with Gasteiger partial charge in [0.1, 0.15) is 6.04 Å². The summed E-state index contributed by atoms with van der Waals surface area (Å²) < 4.78 is 4.41. The highest BCUT2D eigenvalue weighted by Gasteiger charge is 2.19. The average Bonchev–Trinajstić information content (AvgIpc) is 2.28. The molecule has 0 aromatic rings. The van der Waals surface area contributed by atoms with Crippen LogP contribution in [0, 0.1) is 11.3 Å². The van der Waals surface area contributed by atoms with Crippen LogP contribution in [0.15, 0.2) is 0 Å². The standard InChI is InChI=1S/C9H15N3O3S/c1-15-9(14)12-7(6-16-2)8(13)11-5-3-4-10/h7H,3,5-6H2,1-2H3,(H,11,13)(H,12,14). The highest BCUT2D eigenvalue weighted by molar-refractivity contribution is 7.98. The molecule has 0 saturated heterocycles. The Morgan fingerprint density at radius 2 is 2.25 bits per heavy atom. The monoisotopic (exact) mass is 245 g/mol. The first-order chi connectivity index (χ1) is 7.65. The van der Waals surface area contributed by atoms with E-state index in [0.717, 1.165) is 0 Å². The zero-order chi connectivity index (χ0) is 12.4. The lowest BCUT2D eigenvalue weighted by atomic mass is 10.3. The predicted octanol–water partition coefficient (Wildman–Crippen LogP) is 0.104. The molecule has 0 aromatic heterocycles. The van der Waals surface area contributed by atoms with E-state index in [1.807, 2.05) is 12.3 Å². The second-order valence-corrected chi connectivity index (χ2v) is 3.75. The van der Waals surface area contributed by atoms with Gasteiger partial charge in [0.05, 0.1) is 19.6 Å². The first-order valence-corrected chi connectivity index (χ1v) is 6.03. The number of amides is 2. The minimum Gasteiger partial charge on any atom is -0.453 e. The molecule has 0 bridgehead atoms. The second kappa shape index (κ2) is 8.85. The number of nitriles is 1. The summed E-state index contributed by atoms with van der Waals surface area (Å²) in [6, 6.07) is 1.28. The SMILES string of the molecule is COC(=O)NC(CSC)C(=O)NCCC#N. The number of methoxy groups -OCH3 is 1. The molecule has 0 spiro atoms. The molecule has 2 amide bonds. The zero-order valence-corrected chi connectivity index (χ0v) is 10.1. The van der Waals surface area contributed by atoms with Crippen molar-refractivity contribution < 1.29 is 14.3 Å². The van der Waals surface area contributed by atoms with Crippen LogP contribution in [0.1, 0.15) is 6.42 Å². The normalized spacial score (nSPS) is 11.1. The number of carbonyl (C=O) groups excluding carboxylic acids is 2. The Kier molecular flexibility index (Phi) is 8.07. The van der Waals surface area contributed by atoms with E-state index in [1.54, 1.807) is 0 Å². The maximum Gasteiger partial charge on any atom is 0.407 e. The van der Waals surface area contributed by atoms with Gasteiger partial charge in [0.25, 0.3) is 0 Å². The van der Waals surface area contributed by atoms with Crippen LogP contribution in [-0.4, -0.2) is 43.7 Å². The maximum absolute atomic E-state index is 11.6. The van der Waals surface area contributed by atoms with Gasteiger partial charge >= 0.3 is 6.09 Å². The van der Waals surface area contributed by atoms with Crippen molar-refractivity contribution in [2.75, 3.05) is 25.7 Å². The van der Waals surface area contributed by atoms with Crippen molar-refractivity contribution in [2.45, 2.75) is 12.5 Å². The van der Waals surface area contributed by atoms with Gasteiger partial charge in [-0.1, -0.05) is 0 Å². The molecule has 0 fully saturated rings. The van der Waals surface area contributed by atoms with Gasteiger partial charge in [0.15, 0.2) is 0 Å². The fourth-order valence-corrected chi connectivity index (χ4v) is 1.48. The van der Waals surface area contributed by atoms with Crippen molar-refractivity contribution in [1.29, 1.82) is 5.26 Å². The van der Waals surface area contributed by atoms with Gasteiger partial charge in [-0.15, -0.1) is 0 Å². The van der Waals surface area contributed by atoms with E-state index in [4.69, 9.17) is 5.26 Å². The minimum absolute atomic E-state index is 0.246. The van der Waals surface area contributed by atoms with E-state index in [2.05, 4.69) is 15.4 Å². The number of alkyl carbamates (subject to hydrolysis) is 1. The maximum atomic E-state index is 11.6. The summed E-state index contributed by atoms with van der Waals surface area (Å²) in [5.41, 5.74) is 0. The van der Waals surface area contributed by atoms with Gasteiger partial charge in [-0.05, 0) is 6.26 Å². The van der Waals surface area contributed by atoms with E-state index >= 15 is 0 Å². The van der Waals surface area contributed by atoms with Gasteiger partial charge in [-0.3, -0.25) is 4.79 Å². The highest BCUT2D eigenvalue weighted by Crippen LogP contribution is 1.98. The lowest BCUT2D eigenvalue weighted by Crippen LogP contribution is -2.48. The number of hydrogen-bond donors (Lipinski definition) is 2. The number of ether oxygens (including phenoxy) is 1. The number of nitrogens with one attached hydrogen (secondary N) is 2. The number of rotatable bonds is 6. The Bertz CT molecular complexity index is 278. The van der Waals surface area contributed by atoms with Gasteiger partial charge in [0, 0.05) is 12.3 Å². The molecule has 2 N–H and O–H groups in total. The molecular weight excluding hydrogens is 230 g/mol. The van der Waals surface area contributed by atoms with Crippen LogP contribution >= 0.6 is 11.8 Å². The van der Waals surface area contributed by atoms with Crippen LogP contribution in [0.3, 0.4) is 0 Å². The number of carbonyl (C=O) groups is 2. The molecule has 0 rings (SSSR count). The van der Waals surface area contributed by atoms with Crippen LogP contribution in [0.25, 0.3) is 0 Å². The summed E-state index contributed by atoms with van der Waals surface area (Å²) >= 11 is 1.43. The fraction of sp³-hybridized carbons (Fsp3) is 0.667. The molecule has 7 heteroatoms. The van der Waals surface area contributed by atoms with Crippen molar-refractivity contribution in [3.8, 4) is 6.07 Å². The molecule has 0 heterocycles. The van der Waals surface area contributed by atoms with Crippen molar-refractivity contribution in [3.05, 3.63) is 0 Å². The zero-order valence-electron chi connectivity index (χ0n) is 9.28. The third kappa shape index (κ3) is 6.14. The second-order valence-electron chi connectivity index (χ2n) is 2.84. The molecule has 0 aliphatic heterocycles. The molecule has 16 heavy (non-hydrogen) atoms. The molecule has 90 valence electrons. The van der Waals surface area contributed by atoms with Crippen LogP contribution in [0.5, 0.6) is 0 Å². The summed E-state index contributed by atoms with van der Waals surface area (Å²) in [6.07, 6.45) is 1.43. The lowest BCUT2D eigenvalue weighted by molar-refractivity contribution is -0.122. The van der Waals surface area contributed by atoms with Crippen LogP contribution in [-0.2, 0) is 9.53 Å². The van der Waals surface area contributed by atoms with E-state index in [0.29, 0.717) is 5.75 Å². The summed E-state index contributed by atoms with van der Waals surface area (Å²) in [4.78, 5) is 22.5. The van der Waals surface area contributed by atoms with E-state index in [-0.39, 0.29) is 18.9 Å². The van der Waals surface area contributed by atoms with Gasteiger partial charge in [-0.25, -0.2) is 4.79 Å². The van der Waals surface area contributed by atoms with E-state index in [9.17, 15) is 9.59 Å². The molecular formula is C9H15N3O3S. The summed E-state index contributed by atoms with van der Waals surface area (Å²) in [5, 5.41) is 13.3. The molecule has 0 aliphatic carbocycles. The van der Waals surface area contributed by atoms with Crippen LogP contribution < -0.4 is 10.6 Å². The summed E-state index contributed by atoms with van der Waals surface area (Å²) in [7, 11) is 1.24. The Hall–Kier alpha value is -1.42. The van der Waals surface area contributed by atoms with Crippen LogP contribution in [0.4, 0.5) is 4.79 Å². The van der Waals surface area contributed by atoms with Gasteiger partial charge in [0.2, 0.25) is 5.91 Å². The Labute approximate surface area is 98.7 Å². The number of nitrogens with zero attached hydrogens (tertiary/aromatic N) is 1. The van der Waals surface area contributed by atoms with E-state index < -0.39 is 12.1 Å². The van der Waals surface area contributed by atoms with Crippen LogP contribution in [0.2, 0.25) is 0 Å². The molecule has 0 radical (unpaired) electrons. The third-order valence-corrected chi connectivity index (χ3v) is 2.33. The first kappa shape index (κ1) is 14.6. The van der Waals surface area contributed by atoms with Crippen molar-refractivity contribution in [1.82, 2.24) is 10.6 Å². The number of hydrogen-bond acceptors (Lipinski definition) is 5. The summed E-state index contributed by atoms with van der Waals surface area (Å²) in [6.45, 7) is 0.281. The Morgan fingerprint density at radius 1 is 1.56 bits per heavy atom. The van der Waals surface area contributed by atoms with Crippen molar-refractivity contribution in [3.63, 3.8) is 0 Å². The topological polar surface area (TPSA) is 91.2 Å². The molecule has 0 saturated carbocycles. The van der Waals surface area contributed by atoms with Crippen molar-refractivity contribution in [2.24, 2.45) is 0 Å². The predicted molar refractivity (Wildman–Crippen MR) is 61.0 cm³/mol. The lowest BCUT2D eigenvalue weighted by Gasteiger charge is -2.16. The third-order valence-electron chi connectivity index (χ3n) is 1.66. The minimum atomic E-state index is -0.644. The highest BCUT2D eigenvalue weighted by atomic mass is 32.2. The Morgan fingerprint density at radius 3 is 2.75 bits per heavy atom. The van der Waals surface area contributed by atoms with Gasteiger partial charge < -0.3 is 15.4 Å².